The molecule has 0 bridgehead atoms. The third-order valence-corrected chi connectivity index (χ3v) is 4.29. The number of hydrogen-bond acceptors (Lipinski definition) is 3. The van der Waals surface area contributed by atoms with Crippen LogP contribution in [0, 0.1) is 5.82 Å². The fourth-order valence-electron chi connectivity index (χ4n) is 2.71. The summed E-state index contributed by atoms with van der Waals surface area (Å²) in [4.78, 5) is 17.2. The molecular formula is C22H14ClFN2O2. The van der Waals surface area contributed by atoms with E-state index in [1.165, 1.54) is 12.1 Å². The van der Waals surface area contributed by atoms with E-state index in [-0.39, 0.29) is 11.1 Å². The first-order valence-corrected chi connectivity index (χ1v) is 8.86. The summed E-state index contributed by atoms with van der Waals surface area (Å²) in [5.74, 6) is -0.818. The molecule has 0 unspecified atom stereocenters. The van der Waals surface area contributed by atoms with Crippen LogP contribution in [0.2, 0.25) is 5.02 Å². The fraction of sp³-hybridized carbons (Fsp3) is 0. The van der Waals surface area contributed by atoms with Gasteiger partial charge in [-0.05, 0) is 54.6 Å². The van der Waals surface area contributed by atoms with Crippen LogP contribution in [0.5, 0.6) is 0 Å². The number of amides is 1. The zero-order valence-electron chi connectivity index (χ0n) is 14.5. The number of para-hydroxylation sites is 1. The van der Waals surface area contributed by atoms with Gasteiger partial charge in [-0.2, -0.15) is 0 Å². The van der Waals surface area contributed by atoms with Crippen molar-refractivity contribution < 1.29 is 13.6 Å². The molecule has 4 rings (SSSR count). The molecule has 6 heteroatoms. The minimum Gasteiger partial charge on any atom is -0.438 e. The van der Waals surface area contributed by atoms with Gasteiger partial charge in [0.25, 0.3) is 5.91 Å². The Labute approximate surface area is 164 Å². The van der Waals surface area contributed by atoms with Crippen molar-refractivity contribution in [1.29, 1.82) is 0 Å². The Morgan fingerprint density at radius 2 is 1.75 bits per heavy atom. The van der Waals surface area contributed by atoms with Crippen molar-refractivity contribution in [2.75, 3.05) is 5.32 Å². The van der Waals surface area contributed by atoms with E-state index in [4.69, 9.17) is 16.0 Å². The highest BCUT2D eigenvalue weighted by Gasteiger charge is 2.13. The molecule has 4 aromatic rings. The van der Waals surface area contributed by atoms with E-state index in [9.17, 15) is 9.18 Å². The van der Waals surface area contributed by atoms with Crippen LogP contribution >= 0.6 is 11.6 Å². The lowest BCUT2D eigenvalue weighted by molar-refractivity contribution is 0.102. The molecule has 0 aliphatic heterocycles. The number of halogens is 2. The first kappa shape index (κ1) is 17.9. The highest BCUT2D eigenvalue weighted by Crippen LogP contribution is 2.18. The zero-order valence-corrected chi connectivity index (χ0v) is 15.3. The first-order chi connectivity index (χ1) is 13.6. The van der Waals surface area contributed by atoms with Crippen molar-refractivity contribution in [1.82, 2.24) is 0 Å². The second-order valence-corrected chi connectivity index (χ2v) is 6.49. The van der Waals surface area contributed by atoms with Crippen LogP contribution in [-0.4, -0.2) is 5.91 Å². The summed E-state index contributed by atoms with van der Waals surface area (Å²) in [5, 5.41) is 4.12. The second kappa shape index (κ2) is 7.66. The number of carbonyl (C=O) groups is 1. The molecule has 0 spiro atoms. The molecule has 1 amide bonds. The summed E-state index contributed by atoms with van der Waals surface area (Å²) in [6, 6.07) is 21.5. The zero-order chi connectivity index (χ0) is 19.5. The van der Waals surface area contributed by atoms with Crippen molar-refractivity contribution >= 4 is 39.9 Å². The highest BCUT2D eigenvalue weighted by molar-refractivity contribution is 6.30. The Balaban J connectivity index is 1.83. The van der Waals surface area contributed by atoms with Crippen LogP contribution in [0.25, 0.3) is 11.0 Å². The number of rotatable bonds is 3. The molecule has 0 saturated carbocycles. The van der Waals surface area contributed by atoms with Crippen LogP contribution in [0.15, 0.2) is 88.3 Å². The summed E-state index contributed by atoms with van der Waals surface area (Å²) in [5.41, 5.74) is 1.83. The Morgan fingerprint density at radius 3 is 2.54 bits per heavy atom. The van der Waals surface area contributed by atoms with Crippen molar-refractivity contribution in [3.05, 3.63) is 101 Å². The highest BCUT2D eigenvalue weighted by atomic mass is 35.5. The van der Waals surface area contributed by atoms with Crippen LogP contribution in [-0.2, 0) is 0 Å². The first-order valence-electron chi connectivity index (χ1n) is 8.48. The number of anilines is 1. The van der Waals surface area contributed by atoms with Crippen molar-refractivity contribution in [3.8, 4) is 0 Å². The Hall–Kier alpha value is -3.44. The molecule has 138 valence electrons. The fourth-order valence-corrected chi connectivity index (χ4v) is 2.84. The molecule has 28 heavy (non-hydrogen) atoms. The lowest BCUT2D eigenvalue weighted by atomic mass is 10.1. The third kappa shape index (κ3) is 3.94. The number of nitrogens with one attached hydrogen (secondary N) is 1. The lowest BCUT2D eigenvalue weighted by Gasteiger charge is -2.07. The molecule has 0 saturated heterocycles. The van der Waals surface area contributed by atoms with Crippen molar-refractivity contribution in [3.63, 3.8) is 0 Å². The second-order valence-electron chi connectivity index (χ2n) is 6.06. The Morgan fingerprint density at radius 1 is 0.964 bits per heavy atom. The lowest BCUT2D eigenvalue weighted by Crippen LogP contribution is -2.21. The Kier molecular flexibility index (Phi) is 4.91. The third-order valence-electron chi connectivity index (χ3n) is 4.04. The summed E-state index contributed by atoms with van der Waals surface area (Å²) in [6.07, 6.45) is 0. The van der Waals surface area contributed by atoms with E-state index < -0.39 is 11.7 Å². The molecule has 1 heterocycles. The van der Waals surface area contributed by atoms with Crippen LogP contribution in [0.4, 0.5) is 15.8 Å². The van der Waals surface area contributed by atoms with Gasteiger partial charge in [0.2, 0.25) is 5.55 Å². The van der Waals surface area contributed by atoms with Gasteiger partial charge in [-0.3, -0.25) is 4.79 Å². The molecule has 4 nitrogen and oxygen atoms in total. The average molecular weight is 393 g/mol. The molecule has 0 aliphatic carbocycles. The van der Waals surface area contributed by atoms with Gasteiger partial charge in [0.1, 0.15) is 17.0 Å². The van der Waals surface area contributed by atoms with Crippen LogP contribution < -0.4 is 10.9 Å². The average Bonchev–Trinajstić information content (AvgIpc) is 2.69. The van der Waals surface area contributed by atoms with Crippen LogP contribution in [0.1, 0.15) is 10.4 Å². The van der Waals surface area contributed by atoms with Gasteiger partial charge in [-0.1, -0.05) is 35.9 Å². The van der Waals surface area contributed by atoms with Gasteiger partial charge in [0.05, 0.1) is 5.69 Å². The van der Waals surface area contributed by atoms with E-state index in [0.29, 0.717) is 22.0 Å². The molecule has 1 aromatic heterocycles. The quantitative estimate of drug-likeness (QED) is 0.485. The molecule has 0 fully saturated rings. The molecular weight excluding hydrogens is 379 g/mol. The molecule has 0 atom stereocenters. The minimum absolute atomic E-state index is 0.0933. The van der Waals surface area contributed by atoms with Gasteiger partial charge in [-0.25, -0.2) is 9.38 Å². The summed E-state index contributed by atoms with van der Waals surface area (Å²) >= 11 is 5.89. The maximum absolute atomic E-state index is 13.5. The maximum Gasteiger partial charge on any atom is 0.261 e. The number of fused-ring (bicyclic) bond motifs is 1. The monoisotopic (exact) mass is 392 g/mol. The van der Waals surface area contributed by atoms with E-state index in [1.807, 2.05) is 18.2 Å². The van der Waals surface area contributed by atoms with E-state index in [2.05, 4.69) is 10.3 Å². The summed E-state index contributed by atoms with van der Waals surface area (Å²) in [6.45, 7) is 0. The number of carbonyl (C=O) groups excluding carboxylic acids is 1. The molecule has 0 radical (unpaired) electrons. The Bertz CT molecular complexity index is 1230. The van der Waals surface area contributed by atoms with Gasteiger partial charge in [0.15, 0.2) is 0 Å². The predicted octanol–water partition coefficient (Wildman–Crippen LogP) is 5.71. The van der Waals surface area contributed by atoms with Gasteiger partial charge in [0, 0.05) is 16.1 Å². The number of hydrogen-bond donors (Lipinski definition) is 1. The summed E-state index contributed by atoms with van der Waals surface area (Å²) < 4.78 is 19.4. The van der Waals surface area contributed by atoms with E-state index in [0.717, 1.165) is 5.39 Å². The standard InChI is InChI=1S/C22H14ClFN2O2/c23-15-8-10-17(11-9-15)25-21(27)19-12-14-4-1-2-7-20(14)28-22(19)26-18-6-3-5-16(24)13-18/h1-13H,(H,25,27). The molecule has 1 N–H and O–H groups in total. The van der Waals surface area contributed by atoms with Crippen LogP contribution in [0.3, 0.4) is 0 Å². The van der Waals surface area contributed by atoms with Crippen molar-refractivity contribution in [2.45, 2.75) is 0 Å². The van der Waals surface area contributed by atoms with Gasteiger partial charge < -0.3 is 9.73 Å². The molecule has 3 aromatic carbocycles. The number of nitrogens with zero attached hydrogens (tertiary/aromatic N) is 1. The topological polar surface area (TPSA) is 54.6 Å². The summed E-state index contributed by atoms with van der Waals surface area (Å²) in [7, 11) is 0. The smallest absolute Gasteiger partial charge is 0.261 e. The minimum atomic E-state index is -0.422. The normalized spacial score (nSPS) is 11.6. The largest absolute Gasteiger partial charge is 0.438 e. The SMILES string of the molecule is O=C(Nc1ccc(Cl)cc1)c1cc2ccccc2oc1=Nc1cccc(F)c1. The maximum atomic E-state index is 13.5. The van der Waals surface area contributed by atoms with Crippen molar-refractivity contribution in [2.24, 2.45) is 4.99 Å². The van der Waals surface area contributed by atoms with Gasteiger partial charge in [-0.15, -0.1) is 0 Å². The predicted molar refractivity (Wildman–Crippen MR) is 107 cm³/mol. The number of benzene rings is 3. The van der Waals surface area contributed by atoms with Gasteiger partial charge >= 0.3 is 0 Å². The van der Waals surface area contributed by atoms with E-state index in [1.54, 1.807) is 48.5 Å². The molecule has 0 aliphatic rings. The van der Waals surface area contributed by atoms with E-state index >= 15 is 0 Å².